The van der Waals surface area contributed by atoms with Crippen molar-refractivity contribution < 1.29 is 14.3 Å². The van der Waals surface area contributed by atoms with Gasteiger partial charge in [-0.25, -0.2) is 0 Å². The topological polar surface area (TPSA) is 75.5 Å². The van der Waals surface area contributed by atoms with E-state index in [9.17, 15) is 4.79 Å². The van der Waals surface area contributed by atoms with E-state index in [-0.39, 0.29) is 17.6 Å². The number of pyridine rings is 1. The first kappa shape index (κ1) is 17.7. The molecule has 2 fully saturated rings. The van der Waals surface area contributed by atoms with Crippen molar-refractivity contribution in [3.8, 4) is 6.07 Å². The quantitative estimate of drug-likeness (QED) is 0.834. The molecule has 4 rings (SSSR count). The molecule has 2 aliphatic rings. The molecule has 1 amide bonds. The van der Waals surface area contributed by atoms with Crippen LogP contribution in [-0.2, 0) is 16.1 Å². The zero-order valence-corrected chi connectivity index (χ0v) is 15.0. The molecule has 0 bridgehead atoms. The van der Waals surface area contributed by atoms with Crippen molar-refractivity contribution in [2.75, 3.05) is 19.7 Å². The molecule has 0 radical (unpaired) electrons. The molecule has 1 atom stereocenters. The molecule has 0 saturated carbocycles. The minimum Gasteiger partial charge on any atom is -0.372 e. The second-order valence-corrected chi connectivity index (χ2v) is 7.13. The van der Waals surface area contributed by atoms with E-state index >= 15 is 0 Å². The number of aromatic nitrogens is 1. The highest BCUT2D eigenvalue weighted by Crippen LogP contribution is 2.36. The van der Waals surface area contributed by atoms with Gasteiger partial charge < -0.3 is 14.4 Å². The zero-order valence-electron chi connectivity index (χ0n) is 15.0. The van der Waals surface area contributed by atoms with Gasteiger partial charge in [-0.15, -0.1) is 0 Å². The predicted molar refractivity (Wildman–Crippen MR) is 97.8 cm³/mol. The van der Waals surface area contributed by atoms with Crippen LogP contribution in [0.15, 0.2) is 48.7 Å². The summed E-state index contributed by atoms with van der Waals surface area (Å²) in [5.41, 5.74) is 1.65. The normalized spacial score (nSPS) is 20.7. The van der Waals surface area contributed by atoms with Crippen LogP contribution in [-0.4, -0.2) is 47.2 Å². The average molecular weight is 363 g/mol. The number of likely N-dealkylation sites (tertiary alicyclic amines) is 1. The van der Waals surface area contributed by atoms with E-state index in [0.29, 0.717) is 37.4 Å². The van der Waals surface area contributed by atoms with Crippen molar-refractivity contribution in [2.45, 2.75) is 31.2 Å². The highest BCUT2D eigenvalue weighted by molar-refractivity contribution is 5.95. The first-order valence-electron chi connectivity index (χ1n) is 9.12. The molecule has 138 valence electrons. The van der Waals surface area contributed by atoms with E-state index in [4.69, 9.17) is 14.7 Å². The summed E-state index contributed by atoms with van der Waals surface area (Å²) >= 11 is 0. The number of benzene rings is 1. The van der Waals surface area contributed by atoms with E-state index < -0.39 is 0 Å². The van der Waals surface area contributed by atoms with Gasteiger partial charge in [0.15, 0.2) is 0 Å². The Morgan fingerprint density at radius 1 is 1.33 bits per heavy atom. The lowest BCUT2D eigenvalue weighted by Gasteiger charge is -2.53. The Morgan fingerprint density at radius 2 is 2.22 bits per heavy atom. The van der Waals surface area contributed by atoms with Crippen molar-refractivity contribution in [3.63, 3.8) is 0 Å². The predicted octanol–water partition coefficient (Wildman–Crippen LogP) is 2.54. The molecule has 2 saturated heterocycles. The van der Waals surface area contributed by atoms with Gasteiger partial charge in [0.1, 0.15) is 5.60 Å². The Labute approximate surface area is 158 Å². The summed E-state index contributed by atoms with van der Waals surface area (Å²) in [6, 6.07) is 14.7. The number of hydrogen-bond donors (Lipinski definition) is 0. The Bertz CT molecular complexity index is 856. The lowest BCUT2D eigenvalue weighted by Crippen LogP contribution is -2.67. The molecule has 2 aliphatic heterocycles. The first-order chi connectivity index (χ1) is 13.2. The van der Waals surface area contributed by atoms with Crippen LogP contribution in [0.2, 0.25) is 0 Å². The number of carbonyl (C=O) groups is 1. The maximum absolute atomic E-state index is 12.6. The standard InChI is InChI=1S/C21H21N3O3/c22-12-16-4-3-5-17(10-16)20(25)24-14-21(15-24)11-19(7-9-27-21)26-13-18-6-1-2-8-23-18/h1-6,8,10,19H,7,9,11,13-15H2/t19-/m1/s1. The SMILES string of the molecule is N#Cc1cccc(C(=O)N2CC3(C[C@H](OCc4ccccn4)CCO3)C2)c1. The summed E-state index contributed by atoms with van der Waals surface area (Å²) in [5.74, 6) is -0.0575. The second-order valence-electron chi connectivity index (χ2n) is 7.13. The van der Waals surface area contributed by atoms with Crippen molar-refractivity contribution in [1.29, 1.82) is 5.26 Å². The molecule has 6 heteroatoms. The van der Waals surface area contributed by atoms with E-state index in [1.807, 2.05) is 18.2 Å². The molecule has 0 aliphatic carbocycles. The van der Waals surface area contributed by atoms with Gasteiger partial charge in [-0.3, -0.25) is 9.78 Å². The van der Waals surface area contributed by atoms with Gasteiger partial charge in [-0.2, -0.15) is 5.26 Å². The molecular weight excluding hydrogens is 342 g/mol. The highest BCUT2D eigenvalue weighted by Gasteiger charge is 2.49. The Hall–Kier alpha value is -2.75. The molecule has 1 aromatic carbocycles. The molecule has 0 N–H and O–H groups in total. The lowest BCUT2D eigenvalue weighted by atomic mass is 9.84. The van der Waals surface area contributed by atoms with Crippen LogP contribution in [0.4, 0.5) is 0 Å². The zero-order chi connectivity index (χ0) is 18.7. The molecule has 3 heterocycles. The number of carbonyl (C=O) groups excluding carboxylic acids is 1. The van der Waals surface area contributed by atoms with Gasteiger partial charge in [0, 0.05) is 24.8 Å². The van der Waals surface area contributed by atoms with Gasteiger partial charge in [0.25, 0.3) is 5.91 Å². The smallest absolute Gasteiger partial charge is 0.254 e. The van der Waals surface area contributed by atoms with Gasteiger partial charge in [-0.05, 0) is 36.8 Å². The maximum Gasteiger partial charge on any atom is 0.254 e. The fourth-order valence-electron chi connectivity index (χ4n) is 3.73. The molecular formula is C21H21N3O3. The summed E-state index contributed by atoms with van der Waals surface area (Å²) in [6.45, 7) is 2.25. The number of nitriles is 1. The molecule has 6 nitrogen and oxygen atoms in total. The molecule has 2 aromatic rings. The summed E-state index contributed by atoms with van der Waals surface area (Å²) < 4.78 is 12.0. The van der Waals surface area contributed by atoms with Crippen LogP contribution in [0.5, 0.6) is 0 Å². The van der Waals surface area contributed by atoms with Crippen LogP contribution in [0.25, 0.3) is 0 Å². The number of amides is 1. The second kappa shape index (κ2) is 7.47. The largest absolute Gasteiger partial charge is 0.372 e. The van der Waals surface area contributed by atoms with Crippen molar-refractivity contribution >= 4 is 5.91 Å². The number of ether oxygens (including phenoxy) is 2. The summed E-state index contributed by atoms with van der Waals surface area (Å²) in [7, 11) is 0. The Balaban J connectivity index is 1.33. The minimum atomic E-state index is -0.310. The third-order valence-electron chi connectivity index (χ3n) is 5.12. The van der Waals surface area contributed by atoms with Crippen LogP contribution in [0.3, 0.4) is 0 Å². The summed E-state index contributed by atoms with van der Waals surface area (Å²) in [6.07, 6.45) is 3.51. The van der Waals surface area contributed by atoms with E-state index in [2.05, 4.69) is 11.1 Å². The maximum atomic E-state index is 12.6. The van der Waals surface area contributed by atoms with Crippen LogP contribution in [0, 0.1) is 11.3 Å². The number of nitrogens with zero attached hydrogens (tertiary/aromatic N) is 3. The number of hydrogen-bond acceptors (Lipinski definition) is 5. The average Bonchev–Trinajstić information content (AvgIpc) is 2.71. The highest BCUT2D eigenvalue weighted by atomic mass is 16.5. The molecule has 27 heavy (non-hydrogen) atoms. The van der Waals surface area contributed by atoms with Gasteiger partial charge in [-0.1, -0.05) is 12.1 Å². The number of rotatable bonds is 4. The Kier molecular flexibility index (Phi) is 4.88. The van der Waals surface area contributed by atoms with E-state index in [0.717, 1.165) is 18.5 Å². The monoisotopic (exact) mass is 363 g/mol. The molecule has 1 aromatic heterocycles. The third kappa shape index (κ3) is 3.85. The summed E-state index contributed by atoms with van der Waals surface area (Å²) in [5, 5.41) is 9.00. The van der Waals surface area contributed by atoms with Gasteiger partial charge >= 0.3 is 0 Å². The Morgan fingerprint density at radius 3 is 3.00 bits per heavy atom. The fourth-order valence-corrected chi connectivity index (χ4v) is 3.73. The van der Waals surface area contributed by atoms with Crippen molar-refractivity contribution in [2.24, 2.45) is 0 Å². The van der Waals surface area contributed by atoms with Gasteiger partial charge in [0.2, 0.25) is 0 Å². The van der Waals surface area contributed by atoms with Crippen LogP contribution in [0.1, 0.15) is 34.5 Å². The molecule has 0 unspecified atom stereocenters. The van der Waals surface area contributed by atoms with Crippen LogP contribution >= 0.6 is 0 Å². The van der Waals surface area contributed by atoms with E-state index in [1.165, 1.54) is 0 Å². The van der Waals surface area contributed by atoms with Crippen molar-refractivity contribution in [1.82, 2.24) is 9.88 Å². The fraction of sp³-hybridized carbons (Fsp3) is 0.381. The molecule has 1 spiro atoms. The minimum absolute atomic E-state index is 0.0575. The lowest BCUT2D eigenvalue weighted by molar-refractivity contribution is -0.188. The van der Waals surface area contributed by atoms with E-state index in [1.54, 1.807) is 35.4 Å². The third-order valence-corrected chi connectivity index (χ3v) is 5.12. The van der Waals surface area contributed by atoms with Crippen LogP contribution < -0.4 is 0 Å². The van der Waals surface area contributed by atoms with Crippen molar-refractivity contribution in [3.05, 3.63) is 65.5 Å². The van der Waals surface area contributed by atoms with Gasteiger partial charge in [0.05, 0.1) is 43.1 Å². The first-order valence-corrected chi connectivity index (χ1v) is 9.12. The summed E-state index contributed by atoms with van der Waals surface area (Å²) in [4.78, 5) is 18.7.